The Morgan fingerprint density at radius 3 is 2.96 bits per heavy atom. The second kappa shape index (κ2) is 6.52. The number of aryl methyl sites for hydroxylation is 2. The Morgan fingerprint density at radius 1 is 1.48 bits per heavy atom. The third kappa shape index (κ3) is 3.43. The van der Waals surface area contributed by atoms with Crippen molar-refractivity contribution in [2.45, 2.75) is 51.9 Å². The minimum atomic E-state index is 0.147. The van der Waals surface area contributed by atoms with Gasteiger partial charge in [0.2, 0.25) is 17.7 Å². The SMILES string of the molecule is Cc1cn[nH]c1[C@@H]1CCN(C(=O)CCc2nnc(C(C)C)o2)C1. The topological polar surface area (TPSA) is 87.9 Å². The summed E-state index contributed by atoms with van der Waals surface area (Å²) in [6, 6.07) is 0. The lowest BCUT2D eigenvalue weighted by Gasteiger charge is -2.16. The molecule has 0 unspecified atom stereocenters. The van der Waals surface area contributed by atoms with E-state index in [2.05, 4.69) is 20.4 Å². The van der Waals surface area contributed by atoms with Crippen LogP contribution < -0.4 is 0 Å². The minimum absolute atomic E-state index is 0.147. The first kappa shape index (κ1) is 15.7. The third-order valence-corrected chi connectivity index (χ3v) is 4.35. The number of carbonyl (C=O) groups excluding carboxylic acids is 1. The fourth-order valence-corrected chi connectivity index (χ4v) is 2.96. The van der Waals surface area contributed by atoms with E-state index in [4.69, 9.17) is 4.42 Å². The fourth-order valence-electron chi connectivity index (χ4n) is 2.96. The smallest absolute Gasteiger partial charge is 0.223 e. The first-order valence-corrected chi connectivity index (χ1v) is 8.14. The number of rotatable bonds is 5. The number of hydrogen-bond donors (Lipinski definition) is 1. The van der Waals surface area contributed by atoms with Crippen molar-refractivity contribution in [3.63, 3.8) is 0 Å². The van der Waals surface area contributed by atoms with Crippen LogP contribution in [-0.2, 0) is 11.2 Å². The minimum Gasteiger partial charge on any atom is -0.425 e. The van der Waals surface area contributed by atoms with Crippen LogP contribution in [0.5, 0.6) is 0 Å². The average Bonchev–Trinajstić information content (AvgIpc) is 3.24. The first-order chi connectivity index (χ1) is 11.0. The van der Waals surface area contributed by atoms with Crippen LogP contribution in [0.4, 0.5) is 0 Å². The van der Waals surface area contributed by atoms with Gasteiger partial charge in [0, 0.05) is 43.5 Å². The van der Waals surface area contributed by atoms with Crippen molar-refractivity contribution in [1.82, 2.24) is 25.3 Å². The maximum atomic E-state index is 12.4. The summed E-state index contributed by atoms with van der Waals surface area (Å²) in [5.41, 5.74) is 2.31. The summed E-state index contributed by atoms with van der Waals surface area (Å²) in [4.78, 5) is 14.3. The normalized spacial score (nSPS) is 18.1. The Kier molecular flexibility index (Phi) is 4.45. The van der Waals surface area contributed by atoms with Crippen molar-refractivity contribution in [3.05, 3.63) is 29.2 Å². The van der Waals surface area contributed by atoms with E-state index in [9.17, 15) is 4.79 Å². The largest absolute Gasteiger partial charge is 0.425 e. The van der Waals surface area contributed by atoms with Gasteiger partial charge in [0.1, 0.15) is 0 Å². The summed E-state index contributed by atoms with van der Waals surface area (Å²) in [6.45, 7) is 7.60. The molecule has 1 saturated heterocycles. The van der Waals surface area contributed by atoms with E-state index >= 15 is 0 Å². The summed E-state index contributed by atoms with van der Waals surface area (Å²) < 4.78 is 5.55. The molecule has 1 aliphatic rings. The Balaban J connectivity index is 1.52. The van der Waals surface area contributed by atoms with Crippen LogP contribution in [0, 0.1) is 6.92 Å². The lowest BCUT2D eigenvalue weighted by molar-refractivity contribution is -0.130. The molecular weight excluding hydrogens is 294 g/mol. The standard InChI is InChI=1S/C16H23N5O2/c1-10(2)16-20-18-13(23-16)4-5-14(22)21-7-6-12(9-21)15-11(3)8-17-19-15/h8,10,12H,4-7,9H2,1-3H3,(H,17,19)/t12-/m1/s1. The fraction of sp³-hybridized carbons (Fsp3) is 0.625. The zero-order valence-electron chi connectivity index (χ0n) is 13.9. The second-order valence-corrected chi connectivity index (χ2v) is 6.48. The zero-order chi connectivity index (χ0) is 16.4. The number of aromatic nitrogens is 4. The van der Waals surface area contributed by atoms with Crippen molar-refractivity contribution in [2.75, 3.05) is 13.1 Å². The van der Waals surface area contributed by atoms with Crippen molar-refractivity contribution in [2.24, 2.45) is 0 Å². The summed E-state index contributed by atoms with van der Waals surface area (Å²) in [6.07, 6.45) is 3.73. The summed E-state index contributed by atoms with van der Waals surface area (Å²) in [5.74, 6) is 1.89. The quantitative estimate of drug-likeness (QED) is 0.913. The van der Waals surface area contributed by atoms with E-state index < -0.39 is 0 Å². The molecule has 124 valence electrons. The van der Waals surface area contributed by atoms with Crippen LogP contribution in [0.15, 0.2) is 10.6 Å². The predicted octanol–water partition coefficient (Wildman–Crippen LogP) is 2.17. The van der Waals surface area contributed by atoms with Crippen LogP contribution in [0.3, 0.4) is 0 Å². The molecule has 0 radical (unpaired) electrons. The number of nitrogens with zero attached hydrogens (tertiary/aromatic N) is 4. The van der Waals surface area contributed by atoms with Gasteiger partial charge in [0.15, 0.2) is 0 Å². The van der Waals surface area contributed by atoms with Crippen molar-refractivity contribution in [3.8, 4) is 0 Å². The molecule has 0 aromatic carbocycles. The molecular formula is C16H23N5O2. The van der Waals surface area contributed by atoms with Crippen LogP contribution in [0.25, 0.3) is 0 Å². The molecule has 1 fully saturated rings. The zero-order valence-corrected chi connectivity index (χ0v) is 13.9. The van der Waals surface area contributed by atoms with E-state index in [0.29, 0.717) is 30.5 Å². The van der Waals surface area contributed by atoms with E-state index in [1.807, 2.05) is 31.9 Å². The van der Waals surface area contributed by atoms with Gasteiger partial charge < -0.3 is 9.32 Å². The number of amides is 1. The number of likely N-dealkylation sites (tertiary alicyclic amines) is 1. The van der Waals surface area contributed by atoms with Gasteiger partial charge in [0.05, 0.1) is 6.20 Å². The van der Waals surface area contributed by atoms with Gasteiger partial charge in [-0.15, -0.1) is 10.2 Å². The van der Waals surface area contributed by atoms with Crippen LogP contribution in [0.1, 0.15) is 61.6 Å². The maximum Gasteiger partial charge on any atom is 0.223 e. The number of nitrogens with one attached hydrogen (secondary N) is 1. The molecule has 1 aliphatic heterocycles. The van der Waals surface area contributed by atoms with E-state index in [1.54, 1.807) is 0 Å². The molecule has 0 saturated carbocycles. The monoisotopic (exact) mass is 317 g/mol. The maximum absolute atomic E-state index is 12.4. The number of aromatic amines is 1. The van der Waals surface area contributed by atoms with E-state index in [-0.39, 0.29) is 11.8 Å². The second-order valence-electron chi connectivity index (χ2n) is 6.48. The highest BCUT2D eigenvalue weighted by Crippen LogP contribution is 2.28. The van der Waals surface area contributed by atoms with Gasteiger partial charge in [-0.25, -0.2) is 0 Å². The van der Waals surface area contributed by atoms with Crippen molar-refractivity contribution in [1.29, 1.82) is 0 Å². The molecule has 3 heterocycles. The summed E-state index contributed by atoms with van der Waals surface area (Å²) in [5, 5.41) is 15.1. The highest BCUT2D eigenvalue weighted by molar-refractivity contribution is 5.76. The Labute approximate surface area is 135 Å². The van der Waals surface area contributed by atoms with Crippen molar-refractivity contribution >= 4 is 5.91 Å². The molecule has 7 nitrogen and oxygen atoms in total. The van der Waals surface area contributed by atoms with Crippen LogP contribution in [-0.4, -0.2) is 44.3 Å². The molecule has 7 heteroatoms. The molecule has 3 rings (SSSR count). The van der Waals surface area contributed by atoms with Gasteiger partial charge in [-0.3, -0.25) is 9.89 Å². The Bertz CT molecular complexity index is 676. The highest BCUT2D eigenvalue weighted by Gasteiger charge is 2.29. The van der Waals surface area contributed by atoms with Gasteiger partial charge in [-0.2, -0.15) is 5.10 Å². The van der Waals surface area contributed by atoms with E-state index in [0.717, 1.165) is 30.8 Å². The molecule has 1 N–H and O–H groups in total. The highest BCUT2D eigenvalue weighted by atomic mass is 16.4. The van der Waals surface area contributed by atoms with Crippen LogP contribution in [0.2, 0.25) is 0 Å². The van der Waals surface area contributed by atoms with Gasteiger partial charge in [0.25, 0.3) is 0 Å². The number of hydrogen-bond acceptors (Lipinski definition) is 5. The van der Waals surface area contributed by atoms with Gasteiger partial charge >= 0.3 is 0 Å². The molecule has 23 heavy (non-hydrogen) atoms. The molecule has 0 bridgehead atoms. The first-order valence-electron chi connectivity index (χ1n) is 8.14. The lowest BCUT2D eigenvalue weighted by Crippen LogP contribution is -2.28. The van der Waals surface area contributed by atoms with Crippen LogP contribution >= 0.6 is 0 Å². The van der Waals surface area contributed by atoms with Gasteiger partial charge in [-0.1, -0.05) is 13.8 Å². The Hall–Kier alpha value is -2.18. The van der Waals surface area contributed by atoms with Crippen molar-refractivity contribution < 1.29 is 9.21 Å². The van der Waals surface area contributed by atoms with E-state index in [1.165, 1.54) is 0 Å². The molecule has 2 aromatic heterocycles. The summed E-state index contributed by atoms with van der Waals surface area (Å²) in [7, 11) is 0. The molecule has 0 aliphatic carbocycles. The lowest BCUT2D eigenvalue weighted by atomic mass is 10.0. The molecule has 1 atom stereocenters. The van der Waals surface area contributed by atoms with Gasteiger partial charge in [-0.05, 0) is 18.9 Å². The third-order valence-electron chi connectivity index (χ3n) is 4.35. The number of carbonyl (C=O) groups is 1. The summed E-state index contributed by atoms with van der Waals surface area (Å²) >= 11 is 0. The molecule has 1 amide bonds. The Morgan fingerprint density at radius 2 is 2.30 bits per heavy atom. The molecule has 0 spiro atoms. The molecule has 2 aromatic rings. The average molecular weight is 317 g/mol. The number of H-pyrrole nitrogens is 1. The predicted molar refractivity (Wildman–Crippen MR) is 84.0 cm³/mol.